The van der Waals surface area contributed by atoms with Gasteiger partial charge in [-0.25, -0.2) is 9.97 Å². The van der Waals surface area contributed by atoms with Gasteiger partial charge < -0.3 is 9.84 Å². The standard InChI is InChI=1S/C15H20N4O2/c1-21-15-9-13(16-10-17-15)14(20)8-11-6-7-19(18-11)12-4-2-3-5-12/h6-7,9-10,12,14,20H,2-5,8H2,1H3. The molecule has 0 aliphatic heterocycles. The Morgan fingerprint density at radius 3 is 2.95 bits per heavy atom. The Bertz CT molecular complexity index is 593. The van der Waals surface area contributed by atoms with Crippen LogP contribution in [0.2, 0.25) is 0 Å². The molecule has 1 unspecified atom stereocenters. The van der Waals surface area contributed by atoms with E-state index in [1.165, 1.54) is 32.0 Å². The number of methoxy groups -OCH3 is 1. The first-order chi connectivity index (χ1) is 10.3. The molecule has 1 N–H and O–H groups in total. The van der Waals surface area contributed by atoms with Crippen LogP contribution in [-0.2, 0) is 6.42 Å². The molecule has 6 heteroatoms. The molecule has 6 nitrogen and oxygen atoms in total. The molecule has 1 atom stereocenters. The molecule has 2 aromatic heterocycles. The van der Waals surface area contributed by atoms with Gasteiger partial charge in [0.15, 0.2) is 0 Å². The second kappa shape index (κ2) is 6.22. The number of nitrogens with zero attached hydrogens (tertiary/aromatic N) is 4. The molecule has 0 radical (unpaired) electrons. The first-order valence-electron chi connectivity index (χ1n) is 7.34. The van der Waals surface area contributed by atoms with Crippen molar-refractivity contribution >= 4 is 0 Å². The van der Waals surface area contributed by atoms with E-state index >= 15 is 0 Å². The highest BCUT2D eigenvalue weighted by Gasteiger charge is 2.19. The fourth-order valence-electron chi connectivity index (χ4n) is 2.81. The molecule has 2 aromatic rings. The Labute approximate surface area is 123 Å². The maximum atomic E-state index is 10.3. The SMILES string of the molecule is COc1cc(C(O)Cc2ccn(C3CCCC3)n2)ncn1. The number of ether oxygens (including phenoxy) is 1. The van der Waals surface area contributed by atoms with Crippen molar-refractivity contribution in [2.45, 2.75) is 44.2 Å². The van der Waals surface area contributed by atoms with E-state index in [-0.39, 0.29) is 0 Å². The smallest absolute Gasteiger partial charge is 0.216 e. The van der Waals surface area contributed by atoms with Crippen LogP contribution in [0.15, 0.2) is 24.7 Å². The Balaban J connectivity index is 1.67. The van der Waals surface area contributed by atoms with Gasteiger partial charge in [0.05, 0.1) is 24.5 Å². The van der Waals surface area contributed by atoms with Crippen LogP contribution in [0.5, 0.6) is 5.88 Å². The lowest BCUT2D eigenvalue weighted by Crippen LogP contribution is -2.08. The molecule has 1 saturated carbocycles. The van der Waals surface area contributed by atoms with E-state index in [1.54, 1.807) is 13.2 Å². The number of rotatable bonds is 5. The monoisotopic (exact) mass is 288 g/mol. The molecule has 0 spiro atoms. The van der Waals surface area contributed by atoms with Crippen molar-refractivity contribution in [3.05, 3.63) is 36.0 Å². The summed E-state index contributed by atoms with van der Waals surface area (Å²) >= 11 is 0. The first-order valence-corrected chi connectivity index (χ1v) is 7.34. The Kier molecular flexibility index (Phi) is 4.15. The highest BCUT2D eigenvalue weighted by Crippen LogP contribution is 2.29. The van der Waals surface area contributed by atoms with Gasteiger partial charge in [-0.2, -0.15) is 5.10 Å². The number of aliphatic hydroxyl groups is 1. The number of aliphatic hydroxyl groups excluding tert-OH is 1. The molecule has 1 aliphatic carbocycles. The van der Waals surface area contributed by atoms with E-state index in [0.29, 0.717) is 24.0 Å². The van der Waals surface area contributed by atoms with E-state index in [0.717, 1.165) is 5.69 Å². The molecule has 0 amide bonds. The van der Waals surface area contributed by atoms with Gasteiger partial charge in [0.1, 0.15) is 12.4 Å². The maximum absolute atomic E-state index is 10.3. The zero-order valence-electron chi connectivity index (χ0n) is 12.1. The number of hydrogen-bond donors (Lipinski definition) is 1. The second-order valence-electron chi connectivity index (χ2n) is 5.43. The maximum Gasteiger partial charge on any atom is 0.216 e. The minimum absolute atomic E-state index is 0.444. The van der Waals surface area contributed by atoms with Gasteiger partial charge >= 0.3 is 0 Å². The van der Waals surface area contributed by atoms with Gasteiger partial charge in [-0.05, 0) is 18.9 Å². The van der Waals surface area contributed by atoms with Gasteiger partial charge in [-0.3, -0.25) is 4.68 Å². The summed E-state index contributed by atoms with van der Waals surface area (Å²) in [5.74, 6) is 0.454. The zero-order valence-corrected chi connectivity index (χ0v) is 12.1. The largest absolute Gasteiger partial charge is 0.481 e. The highest BCUT2D eigenvalue weighted by atomic mass is 16.5. The summed E-state index contributed by atoms with van der Waals surface area (Å²) in [5, 5.41) is 14.9. The Hall–Kier alpha value is -1.95. The predicted octanol–water partition coefficient (Wildman–Crippen LogP) is 2.07. The molecule has 1 fully saturated rings. The number of hydrogen-bond acceptors (Lipinski definition) is 5. The summed E-state index contributed by atoms with van der Waals surface area (Å²) in [6.45, 7) is 0. The normalized spacial score (nSPS) is 17.0. The third kappa shape index (κ3) is 3.21. The molecule has 2 heterocycles. The summed E-state index contributed by atoms with van der Waals surface area (Å²) in [5.41, 5.74) is 1.43. The Morgan fingerprint density at radius 2 is 2.19 bits per heavy atom. The molecule has 0 bridgehead atoms. The minimum Gasteiger partial charge on any atom is -0.481 e. The molecule has 1 aliphatic rings. The van der Waals surface area contributed by atoms with Crippen molar-refractivity contribution in [1.29, 1.82) is 0 Å². The van der Waals surface area contributed by atoms with Crippen LogP contribution in [0.1, 0.15) is 49.2 Å². The summed E-state index contributed by atoms with van der Waals surface area (Å²) in [4.78, 5) is 8.03. The quantitative estimate of drug-likeness (QED) is 0.911. The van der Waals surface area contributed by atoms with Gasteiger partial charge in [-0.1, -0.05) is 12.8 Å². The third-order valence-corrected chi connectivity index (χ3v) is 3.98. The molecular weight excluding hydrogens is 268 g/mol. The van der Waals surface area contributed by atoms with Gasteiger partial charge in [-0.15, -0.1) is 0 Å². The van der Waals surface area contributed by atoms with Gasteiger partial charge in [0.2, 0.25) is 5.88 Å². The van der Waals surface area contributed by atoms with Gasteiger partial charge in [0.25, 0.3) is 0 Å². The molecule has 3 rings (SSSR count). The van der Waals surface area contributed by atoms with Crippen LogP contribution in [0.3, 0.4) is 0 Å². The summed E-state index contributed by atoms with van der Waals surface area (Å²) in [7, 11) is 1.54. The van der Waals surface area contributed by atoms with E-state index in [1.807, 2.05) is 16.9 Å². The first kappa shape index (κ1) is 14.0. The van der Waals surface area contributed by atoms with E-state index in [4.69, 9.17) is 4.74 Å². The van der Waals surface area contributed by atoms with E-state index in [9.17, 15) is 5.11 Å². The highest BCUT2D eigenvalue weighted by molar-refractivity contribution is 5.17. The van der Waals surface area contributed by atoms with Crippen LogP contribution >= 0.6 is 0 Å². The fraction of sp³-hybridized carbons (Fsp3) is 0.533. The molecule has 0 saturated heterocycles. The van der Waals surface area contributed by atoms with Crippen molar-refractivity contribution in [1.82, 2.24) is 19.7 Å². The molecule has 0 aromatic carbocycles. The number of aromatic nitrogens is 4. The van der Waals surface area contributed by atoms with Crippen LogP contribution in [0.25, 0.3) is 0 Å². The van der Waals surface area contributed by atoms with E-state index in [2.05, 4.69) is 15.1 Å². The Morgan fingerprint density at radius 1 is 1.38 bits per heavy atom. The van der Waals surface area contributed by atoms with Crippen molar-refractivity contribution in [2.24, 2.45) is 0 Å². The average Bonchev–Trinajstić information content (AvgIpc) is 3.18. The topological polar surface area (TPSA) is 73.1 Å². The summed E-state index contributed by atoms with van der Waals surface area (Å²) in [6.07, 6.45) is 8.12. The van der Waals surface area contributed by atoms with Crippen molar-refractivity contribution in [3.8, 4) is 5.88 Å². The average molecular weight is 288 g/mol. The molecule has 112 valence electrons. The van der Waals surface area contributed by atoms with Gasteiger partial charge in [0, 0.05) is 18.7 Å². The van der Waals surface area contributed by atoms with Crippen LogP contribution < -0.4 is 4.74 Å². The van der Waals surface area contributed by atoms with E-state index < -0.39 is 6.10 Å². The summed E-state index contributed by atoms with van der Waals surface area (Å²) in [6, 6.07) is 4.15. The predicted molar refractivity (Wildman–Crippen MR) is 77.0 cm³/mol. The van der Waals surface area contributed by atoms with Crippen molar-refractivity contribution < 1.29 is 9.84 Å². The lowest BCUT2D eigenvalue weighted by Gasteiger charge is -2.10. The summed E-state index contributed by atoms with van der Waals surface area (Å²) < 4.78 is 7.08. The lowest BCUT2D eigenvalue weighted by molar-refractivity contribution is 0.171. The fourth-order valence-corrected chi connectivity index (χ4v) is 2.81. The zero-order chi connectivity index (χ0) is 14.7. The van der Waals surface area contributed by atoms with Crippen LogP contribution in [0, 0.1) is 0 Å². The third-order valence-electron chi connectivity index (χ3n) is 3.98. The van der Waals surface area contributed by atoms with Crippen molar-refractivity contribution in [3.63, 3.8) is 0 Å². The van der Waals surface area contributed by atoms with Crippen LogP contribution in [-0.4, -0.2) is 32.0 Å². The minimum atomic E-state index is -0.700. The lowest BCUT2D eigenvalue weighted by atomic mass is 10.1. The second-order valence-corrected chi connectivity index (χ2v) is 5.43. The van der Waals surface area contributed by atoms with Crippen LogP contribution in [0.4, 0.5) is 0 Å². The molecular formula is C15H20N4O2. The van der Waals surface area contributed by atoms with Crippen molar-refractivity contribution in [2.75, 3.05) is 7.11 Å². The molecule has 21 heavy (non-hydrogen) atoms.